The van der Waals surface area contributed by atoms with Crippen LogP contribution in [0.5, 0.6) is 0 Å². The molecule has 0 aromatic carbocycles. The van der Waals surface area contributed by atoms with E-state index in [0.29, 0.717) is 13.0 Å². The minimum atomic E-state index is -0.365. The quantitative estimate of drug-likeness (QED) is 0.646. The van der Waals surface area contributed by atoms with Gasteiger partial charge in [-0.3, -0.25) is 4.68 Å². The summed E-state index contributed by atoms with van der Waals surface area (Å²) >= 11 is 0. The van der Waals surface area contributed by atoms with Crippen molar-refractivity contribution in [1.82, 2.24) is 9.78 Å². The van der Waals surface area contributed by atoms with Crippen molar-refractivity contribution < 1.29 is 9.50 Å². The fourth-order valence-electron chi connectivity index (χ4n) is 0.865. The Bertz CT molecular complexity index is 249. The highest BCUT2D eigenvalue weighted by Gasteiger charge is 2.04. The normalized spacial score (nSPS) is 10.2. The summed E-state index contributed by atoms with van der Waals surface area (Å²) in [6.45, 7) is 0.631. The second-order valence-electron chi connectivity index (χ2n) is 2.50. The Balaban J connectivity index is 2.45. The molecule has 12 heavy (non-hydrogen) atoms. The van der Waals surface area contributed by atoms with Gasteiger partial charge in [-0.1, -0.05) is 0 Å². The Morgan fingerprint density at radius 1 is 1.75 bits per heavy atom. The molecule has 5 heteroatoms. The number of hydrogen-bond donors (Lipinski definition) is 2. The predicted octanol–water partition coefficient (Wildman–Crippen LogP) is 0.353. The molecule has 0 spiro atoms. The van der Waals surface area contributed by atoms with Crippen LogP contribution in [0.1, 0.15) is 6.42 Å². The summed E-state index contributed by atoms with van der Waals surface area (Å²) in [7, 11) is 1.65. The molecular formula is C7H12FN3O. The van der Waals surface area contributed by atoms with Gasteiger partial charge in [0.05, 0.1) is 6.20 Å². The third-order valence-corrected chi connectivity index (χ3v) is 1.41. The lowest BCUT2D eigenvalue weighted by atomic mass is 10.4. The molecule has 0 unspecified atom stereocenters. The van der Waals surface area contributed by atoms with Crippen LogP contribution in [0.15, 0.2) is 6.20 Å². The van der Waals surface area contributed by atoms with Crippen LogP contribution in [-0.4, -0.2) is 28.0 Å². The number of rotatable bonds is 4. The van der Waals surface area contributed by atoms with Crippen molar-refractivity contribution in [1.29, 1.82) is 0 Å². The van der Waals surface area contributed by atoms with Gasteiger partial charge in [-0.05, 0) is 6.42 Å². The number of halogens is 1. The fraction of sp³-hybridized carbons (Fsp3) is 0.571. The lowest BCUT2D eigenvalue weighted by molar-refractivity contribution is 0.292. The molecule has 1 aromatic rings. The van der Waals surface area contributed by atoms with Crippen LogP contribution in [0.4, 0.5) is 10.2 Å². The molecule has 0 radical (unpaired) electrons. The molecule has 0 saturated heterocycles. The standard InChI is InChI=1S/C7H12FN3O/c1-11-5-6(8)7(10-11)9-3-2-4-12/h5,12H,2-4H2,1H3,(H,9,10). The van der Waals surface area contributed by atoms with Crippen molar-refractivity contribution in [3.05, 3.63) is 12.0 Å². The Hall–Kier alpha value is -1.10. The Labute approximate surface area is 70.0 Å². The summed E-state index contributed by atoms with van der Waals surface area (Å²) < 4.78 is 14.2. The van der Waals surface area contributed by atoms with Gasteiger partial charge in [0.25, 0.3) is 0 Å². The number of anilines is 1. The molecule has 2 N–H and O–H groups in total. The summed E-state index contributed by atoms with van der Waals surface area (Å²) in [4.78, 5) is 0. The predicted molar refractivity (Wildman–Crippen MR) is 43.4 cm³/mol. The van der Waals surface area contributed by atoms with Gasteiger partial charge in [0.2, 0.25) is 0 Å². The number of nitrogens with zero attached hydrogens (tertiary/aromatic N) is 2. The maximum Gasteiger partial charge on any atom is 0.184 e. The highest BCUT2D eigenvalue weighted by Crippen LogP contribution is 2.08. The van der Waals surface area contributed by atoms with Crippen LogP contribution >= 0.6 is 0 Å². The first-order chi connectivity index (χ1) is 5.74. The average molecular weight is 173 g/mol. The smallest absolute Gasteiger partial charge is 0.184 e. The second-order valence-corrected chi connectivity index (χ2v) is 2.50. The van der Waals surface area contributed by atoms with Gasteiger partial charge in [-0.25, -0.2) is 4.39 Å². The molecule has 0 atom stereocenters. The first-order valence-electron chi connectivity index (χ1n) is 3.78. The lowest BCUT2D eigenvalue weighted by Gasteiger charge is -1.99. The van der Waals surface area contributed by atoms with Crippen molar-refractivity contribution in [2.75, 3.05) is 18.5 Å². The molecule has 4 nitrogen and oxygen atoms in total. The zero-order valence-electron chi connectivity index (χ0n) is 6.92. The first kappa shape index (κ1) is 8.99. The van der Waals surface area contributed by atoms with Crippen LogP contribution in [0, 0.1) is 5.82 Å². The van der Waals surface area contributed by atoms with E-state index in [2.05, 4.69) is 10.4 Å². The van der Waals surface area contributed by atoms with E-state index in [0.717, 1.165) is 0 Å². The van der Waals surface area contributed by atoms with Crippen LogP contribution < -0.4 is 5.32 Å². The number of aliphatic hydroxyl groups excluding tert-OH is 1. The van der Waals surface area contributed by atoms with E-state index in [1.165, 1.54) is 10.9 Å². The summed E-state index contributed by atoms with van der Waals surface area (Å²) in [5, 5.41) is 15.1. The third-order valence-electron chi connectivity index (χ3n) is 1.41. The number of hydrogen-bond acceptors (Lipinski definition) is 3. The van der Waals surface area contributed by atoms with Gasteiger partial charge in [0.15, 0.2) is 11.6 Å². The van der Waals surface area contributed by atoms with Gasteiger partial charge in [0, 0.05) is 20.2 Å². The zero-order valence-corrected chi connectivity index (χ0v) is 6.92. The molecule has 0 fully saturated rings. The van der Waals surface area contributed by atoms with Crippen LogP contribution in [-0.2, 0) is 7.05 Å². The van der Waals surface area contributed by atoms with Gasteiger partial charge in [0.1, 0.15) is 0 Å². The Kier molecular flexibility index (Phi) is 3.04. The summed E-state index contributed by atoms with van der Waals surface area (Å²) in [6.07, 6.45) is 1.89. The molecule has 0 bridgehead atoms. The number of nitrogens with one attached hydrogen (secondary N) is 1. The molecule has 0 aliphatic rings. The van der Waals surface area contributed by atoms with Crippen LogP contribution in [0.2, 0.25) is 0 Å². The van der Waals surface area contributed by atoms with E-state index >= 15 is 0 Å². The molecule has 0 aliphatic carbocycles. The third kappa shape index (κ3) is 2.20. The number of aryl methyl sites for hydroxylation is 1. The van der Waals surface area contributed by atoms with Gasteiger partial charge in [-0.15, -0.1) is 0 Å². The summed E-state index contributed by atoms with van der Waals surface area (Å²) in [5.41, 5.74) is 0. The monoisotopic (exact) mass is 173 g/mol. The summed E-state index contributed by atoms with van der Waals surface area (Å²) in [5.74, 6) is -0.124. The molecule has 1 heterocycles. The Morgan fingerprint density at radius 2 is 2.50 bits per heavy atom. The van der Waals surface area contributed by atoms with Gasteiger partial charge >= 0.3 is 0 Å². The molecule has 68 valence electrons. The second kappa shape index (κ2) is 4.06. The van der Waals surface area contributed by atoms with E-state index < -0.39 is 0 Å². The molecule has 0 amide bonds. The van der Waals surface area contributed by atoms with E-state index in [4.69, 9.17) is 5.11 Å². The molecular weight excluding hydrogens is 161 g/mol. The average Bonchev–Trinajstić information content (AvgIpc) is 2.31. The van der Waals surface area contributed by atoms with Crippen molar-refractivity contribution >= 4 is 5.82 Å². The van der Waals surface area contributed by atoms with Crippen LogP contribution in [0.25, 0.3) is 0 Å². The van der Waals surface area contributed by atoms with Crippen molar-refractivity contribution in [2.24, 2.45) is 7.05 Å². The lowest BCUT2D eigenvalue weighted by Crippen LogP contribution is -2.05. The Morgan fingerprint density at radius 3 is 3.00 bits per heavy atom. The maximum absolute atomic E-state index is 12.8. The number of aromatic nitrogens is 2. The molecule has 1 rings (SSSR count). The van der Waals surface area contributed by atoms with E-state index in [1.807, 2.05) is 0 Å². The first-order valence-corrected chi connectivity index (χ1v) is 3.78. The highest BCUT2D eigenvalue weighted by atomic mass is 19.1. The minimum absolute atomic E-state index is 0.0987. The highest BCUT2D eigenvalue weighted by molar-refractivity contribution is 5.33. The topological polar surface area (TPSA) is 50.1 Å². The fourth-order valence-corrected chi connectivity index (χ4v) is 0.865. The minimum Gasteiger partial charge on any atom is -0.396 e. The van der Waals surface area contributed by atoms with Crippen molar-refractivity contribution in [2.45, 2.75) is 6.42 Å². The van der Waals surface area contributed by atoms with E-state index in [-0.39, 0.29) is 18.2 Å². The van der Waals surface area contributed by atoms with Crippen molar-refractivity contribution in [3.63, 3.8) is 0 Å². The van der Waals surface area contributed by atoms with Crippen LogP contribution in [0.3, 0.4) is 0 Å². The van der Waals surface area contributed by atoms with E-state index in [1.54, 1.807) is 7.05 Å². The van der Waals surface area contributed by atoms with E-state index in [9.17, 15) is 4.39 Å². The van der Waals surface area contributed by atoms with Gasteiger partial charge < -0.3 is 10.4 Å². The summed E-state index contributed by atoms with van der Waals surface area (Å²) in [6, 6.07) is 0. The van der Waals surface area contributed by atoms with Crippen molar-refractivity contribution in [3.8, 4) is 0 Å². The van der Waals surface area contributed by atoms with Gasteiger partial charge in [-0.2, -0.15) is 5.10 Å². The molecule has 0 saturated carbocycles. The largest absolute Gasteiger partial charge is 0.396 e. The zero-order chi connectivity index (χ0) is 8.97. The molecule has 0 aliphatic heterocycles. The number of aliphatic hydroxyl groups is 1. The SMILES string of the molecule is Cn1cc(F)c(NCCCO)n1. The maximum atomic E-state index is 12.8. The molecule has 1 aromatic heterocycles.